The van der Waals surface area contributed by atoms with E-state index in [2.05, 4.69) is 15.5 Å². The molecule has 1 fully saturated rings. The van der Waals surface area contributed by atoms with Crippen molar-refractivity contribution in [3.8, 4) is 0 Å². The van der Waals surface area contributed by atoms with Crippen molar-refractivity contribution >= 4 is 11.8 Å². The van der Waals surface area contributed by atoms with Gasteiger partial charge in [0.2, 0.25) is 11.8 Å². The molecule has 2 rings (SSSR count). The Morgan fingerprint density at radius 3 is 2.73 bits per heavy atom. The smallest absolute Gasteiger partial charge is 0.234 e. The molecule has 5 nitrogen and oxygen atoms in total. The van der Waals surface area contributed by atoms with E-state index in [1.165, 1.54) is 0 Å². The van der Waals surface area contributed by atoms with Crippen molar-refractivity contribution in [2.45, 2.75) is 25.7 Å². The summed E-state index contributed by atoms with van der Waals surface area (Å²) in [5, 5.41) is 9.82. The maximum Gasteiger partial charge on any atom is 0.234 e. The van der Waals surface area contributed by atoms with E-state index < -0.39 is 0 Å². The fourth-order valence-corrected chi connectivity index (χ4v) is 1.75. The number of rotatable bonds is 1. The number of amides is 2. The first kappa shape index (κ1) is 9.76. The molecule has 78 valence electrons. The first-order valence-corrected chi connectivity index (χ1v) is 4.79. The van der Waals surface area contributed by atoms with Gasteiger partial charge in [0.05, 0.1) is 18.3 Å². The van der Waals surface area contributed by atoms with Crippen LogP contribution in [0.2, 0.25) is 0 Å². The van der Waals surface area contributed by atoms with Crippen LogP contribution in [0.25, 0.3) is 0 Å². The minimum absolute atomic E-state index is 0.198. The van der Waals surface area contributed by atoms with Gasteiger partial charge in [0.1, 0.15) is 0 Å². The average Bonchev–Trinajstić information content (AvgIpc) is 2.20. The predicted octanol–water partition coefficient (Wildman–Crippen LogP) is 0.305. The number of nitrogens with one attached hydrogen (secondary N) is 1. The van der Waals surface area contributed by atoms with E-state index in [9.17, 15) is 9.59 Å². The molecule has 0 bridgehead atoms. The predicted molar refractivity (Wildman–Crippen MR) is 51.9 cm³/mol. The van der Waals surface area contributed by atoms with Crippen molar-refractivity contribution in [1.29, 1.82) is 0 Å². The van der Waals surface area contributed by atoms with Crippen LogP contribution < -0.4 is 5.32 Å². The van der Waals surface area contributed by atoms with Gasteiger partial charge in [-0.3, -0.25) is 14.9 Å². The molecule has 15 heavy (non-hydrogen) atoms. The van der Waals surface area contributed by atoms with Crippen LogP contribution in [0.5, 0.6) is 0 Å². The molecule has 0 radical (unpaired) electrons. The second-order valence-corrected chi connectivity index (χ2v) is 3.63. The van der Waals surface area contributed by atoms with Gasteiger partial charge in [0, 0.05) is 6.42 Å². The van der Waals surface area contributed by atoms with Gasteiger partial charge >= 0.3 is 0 Å². The van der Waals surface area contributed by atoms with Crippen LogP contribution in [-0.4, -0.2) is 22.0 Å². The van der Waals surface area contributed by atoms with Gasteiger partial charge in [-0.25, -0.2) is 0 Å². The van der Waals surface area contributed by atoms with E-state index >= 15 is 0 Å². The number of nitrogens with zero attached hydrogens (tertiary/aromatic N) is 2. The Balaban J connectivity index is 2.28. The molecule has 2 amide bonds. The van der Waals surface area contributed by atoms with Crippen molar-refractivity contribution < 1.29 is 9.59 Å². The topological polar surface area (TPSA) is 72.0 Å². The molecule has 1 aromatic rings. The Hall–Kier alpha value is -1.78. The van der Waals surface area contributed by atoms with Crippen molar-refractivity contribution in [2.75, 3.05) is 0 Å². The third-order valence-electron chi connectivity index (χ3n) is 2.58. The highest BCUT2D eigenvalue weighted by atomic mass is 16.2. The van der Waals surface area contributed by atoms with Crippen molar-refractivity contribution in [2.24, 2.45) is 0 Å². The monoisotopic (exact) mass is 205 g/mol. The molecule has 1 saturated heterocycles. The summed E-state index contributed by atoms with van der Waals surface area (Å²) in [5.74, 6) is -0.698. The number of hydrogen-bond acceptors (Lipinski definition) is 4. The Morgan fingerprint density at radius 2 is 2.07 bits per heavy atom. The maximum atomic E-state index is 11.6. The molecule has 1 unspecified atom stereocenters. The Kier molecular flexibility index (Phi) is 2.45. The lowest BCUT2D eigenvalue weighted by atomic mass is 9.89. The molecule has 0 aliphatic carbocycles. The largest absolute Gasteiger partial charge is 0.296 e. The lowest BCUT2D eigenvalue weighted by molar-refractivity contribution is -0.134. The van der Waals surface area contributed by atoms with Gasteiger partial charge in [-0.2, -0.15) is 10.2 Å². The molecular weight excluding hydrogens is 194 g/mol. The van der Waals surface area contributed by atoms with E-state index in [0.29, 0.717) is 12.8 Å². The van der Waals surface area contributed by atoms with Crippen molar-refractivity contribution in [3.63, 3.8) is 0 Å². The van der Waals surface area contributed by atoms with Gasteiger partial charge in [-0.05, 0) is 24.5 Å². The highest BCUT2D eigenvalue weighted by Gasteiger charge is 2.28. The number of aromatic nitrogens is 2. The van der Waals surface area contributed by atoms with Gasteiger partial charge in [-0.1, -0.05) is 0 Å². The third kappa shape index (κ3) is 1.86. The summed E-state index contributed by atoms with van der Waals surface area (Å²) in [6.07, 6.45) is 4.16. The molecule has 0 saturated carbocycles. The Morgan fingerprint density at radius 1 is 1.33 bits per heavy atom. The molecule has 0 spiro atoms. The standard InChI is InChI=1S/C10H11N3O2/c1-6-4-11-12-5-8(6)7-2-3-9(14)13-10(7)15/h4-5,7H,2-3H2,1H3,(H,13,14,15). The van der Waals surface area contributed by atoms with Crippen LogP contribution in [-0.2, 0) is 9.59 Å². The van der Waals surface area contributed by atoms with Crippen LogP contribution in [0.1, 0.15) is 29.9 Å². The SMILES string of the molecule is Cc1cnncc1C1CCC(=O)NC1=O. The Bertz CT molecular complexity index is 417. The maximum absolute atomic E-state index is 11.6. The zero-order valence-corrected chi connectivity index (χ0v) is 8.36. The van der Waals surface area contributed by atoms with Crippen LogP contribution in [0.3, 0.4) is 0 Å². The number of hydrogen-bond donors (Lipinski definition) is 1. The second-order valence-electron chi connectivity index (χ2n) is 3.63. The summed E-state index contributed by atoms with van der Waals surface area (Å²) in [5.41, 5.74) is 1.79. The molecule has 1 aliphatic rings. The summed E-state index contributed by atoms with van der Waals surface area (Å²) in [6, 6.07) is 0. The number of aryl methyl sites for hydroxylation is 1. The number of imide groups is 1. The zero-order valence-electron chi connectivity index (χ0n) is 8.36. The highest BCUT2D eigenvalue weighted by molar-refractivity contribution is 6.01. The quantitative estimate of drug-likeness (QED) is 0.669. The lowest BCUT2D eigenvalue weighted by Gasteiger charge is -2.21. The van der Waals surface area contributed by atoms with Gasteiger partial charge in [0.25, 0.3) is 0 Å². The van der Waals surface area contributed by atoms with E-state index in [0.717, 1.165) is 11.1 Å². The summed E-state index contributed by atoms with van der Waals surface area (Å²) < 4.78 is 0. The second kappa shape index (κ2) is 3.76. The molecule has 5 heteroatoms. The van der Waals surface area contributed by atoms with Crippen LogP contribution in [0.15, 0.2) is 12.4 Å². The first-order valence-electron chi connectivity index (χ1n) is 4.79. The molecular formula is C10H11N3O2. The lowest BCUT2D eigenvalue weighted by Crippen LogP contribution is -2.39. The molecule has 1 aromatic heterocycles. The van der Waals surface area contributed by atoms with Crippen LogP contribution in [0.4, 0.5) is 0 Å². The van der Waals surface area contributed by atoms with Gasteiger partial charge in [0.15, 0.2) is 0 Å². The van der Waals surface area contributed by atoms with Gasteiger partial charge in [-0.15, -0.1) is 0 Å². The third-order valence-corrected chi connectivity index (χ3v) is 2.58. The summed E-state index contributed by atoms with van der Waals surface area (Å²) in [6.45, 7) is 1.88. The normalized spacial score (nSPS) is 21.3. The number of carbonyl (C=O) groups is 2. The Labute approximate surface area is 86.9 Å². The van der Waals surface area contributed by atoms with E-state index in [-0.39, 0.29) is 17.7 Å². The fourth-order valence-electron chi connectivity index (χ4n) is 1.75. The first-order chi connectivity index (χ1) is 7.18. The average molecular weight is 205 g/mol. The summed E-state index contributed by atoms with van der Waals surface area (Å²) in [4.78, 5) is 22.6. The van der Waals surface area contributed by atoms with Crippen LogP contribution in [0, 0.1) is 6.92 Å². The molecule has 1 N–H and O–H groups in total. The summed E-state index contributed by atoms with van der Waals surface area (Å²) >= 11 is 0. The van der Waals surface area contributed by atoms with Crippen LogP contribution >= 0.6 is 0 Å². The fraction of sp³-hybridized carbons (Fsp3) is 0.400. The molecule has 0 aromatic carbocycles. The van der Waals surface area contributed by atoms with E-state index in [4.69, 9.17) is 0 Å². The number of piperidine rings is 1. The molecule has 1 aliphatic heterocycles. The van der Waals surface area contributed by atoms with Crippen molar-refractivity contribution in [1.82, 2.24) is 15.5 Å². The minimum Gasteiger partial charge on any atom is -0.296 e. The molecule has 1 atom stereocenters. The molecule has 2 heterocycles. The van der Waals surface area contributed by atoms with E-state index in [1.54, 1.807) is 12.4 Å². The zero-order chi connectivity index (χ0) is 10.8. The van der Waals surface area contributed by atoms with Crippen molar-refractivity contribution in [3.05, 3.63) is 23.5 Å². The minimum atomic E-state index is -0.266. The summed E-state index contributed by atoms with van der Waals surface area (Å²) in [7, 11) is 0. The van der Waals surface area contributed by atoms with Gasteiger partial charge < -0.3 is 0 Å². The number of carbonyl (C=O) groups excluding carboxylic acids is 2. The van der Waals surface area contributed by atoms with E-state index in [1.807, 2.05) is 6.92 Å². The highest BCUT2D eigenvalue weighted by Crippen LogP contribution is 2.25.